The summed E-state index contributed by atoms with van der Waals surface area (Å²) in [6.07, 6.45) is 2.25. The number of hydrogen-bond acceptors (Lipinski definition) is 5. The molecule has 7 heteroatoms. The maximum atomic E-state index is 13.1. The Kier molecular flexibility index (Phi) is 4.37. The number of nitrogens with zero attached hydrogens (tertiary/aromatic N) is 4. The molecule has 2 aromatic rings. The second-order valence-electron chi connectivity index (χ2n) is 6.78. The smallest absolute Gasteiger partial charge is 0.318 e. The number of aromatic nitrogens is 2. The highest BCUT2D eigenvalue weighted by Crippen LogP contribution is 2.44. The van der Waals surface area contributed by atoms with E-state index < -0.39 is 0 Å². The molecular weight excluding hydrogens is 340 g/mol. The third-order valence-electron chi connectivity index (χ3n) is 4.97. The fourth-order valence-electron chi connectivity index (χ4n) is 3.44. The summed E-state index contributed by atoms with van der Waals surface area (Å²) >= 11 is 6.00. The molecule has 1 unspecified atom stereocenters. The Morgan fingerprint density at radius 3 is 2.40 bits per heavy atom. The van der Waals surface area contributed by atoms with Crippen molar-refractivity contribution in [2.75, 3.05) is 31.1 Å². The molecule has 1 aromatic carbocycles. The Labute approximate surface area is 151 Å². The Balaban J connectivity index is 1.44. The van der Waals surface area contributed by atoms with Crippen LogP contribution in [0.1, 0.15) is 30.2 Å². The van der Waals surface area contributed by atoms with Crippen LogP contribution in [0.2, 0.25) is 5.02 Å². The average molecular weight is 361 g/mol. The van der Waals surface area contributed by atoms with Crippen LogP contribution in [0.4, 0.5) is 6.01 Å². The van der Waals surface area contributed by atoms with Gasteiger partial charge in [-0.15, -0.1) is 5.10 Å². The van der Waals surface area contributed by atoms with Crippen LogP contribution in [0.25, 0.3) is 0 Å². The van der Waals surface area contributed by atoms with Crippen LogP contribution in [0.3, 0.4) is 0 Å². The van der Waals surface area contributed by atoms with Gasteiger partial charge in [0.1, 0.15) is 0 Å². The molecule has 1 aromatic heterocycles. The third-order valence-corrected chi connectivity index (χ3v) is 5.22. The molecule has 25 heavy (non-hydrogen) atoms. The lowest BCUT2D eigenvalue weighted by Crippen LogP contribution is -2.50. The molecule has 2 aliphatic rings. The maximum Gasteiger partial charge on any atom is 0.318 e. The van der Waals surface area contributed by atoms with Gasteiger partial charge in [-0.25, -0.2) is 0 Å². The van der Waals surface area contributed by atoms with Gasteiger partial charge in [-0.3, -0.25) is 4.79 Å². The molecule has 6 nitrogen and oxygen atoms in total. The highest BCUT2D eigenvalue weighted by molar-refractivity contribution is 6.30. The molecule has 0 spiro atoms. The molecular formula is C18H21ClN4O2. The van der Waals surface area contributed by atoms with Crippen molar-refractivity contribution >= 4 is 23.5 Å². The predicted octanol–water partition coefficient (Wildman–Crippen LogP) is 2.87. The lowest BCUT2D eigenvalue weighted by Gasteiger charge is -2.35. The van der Waals surface area contributed by atoms with Crippen LogP contribution in [0.5, 0.6) is 0 Å². The summed E-state index contributed by atoms with van der Waals surface area (Å²) < 4.78 is 5.48. The zero-order valence-electron chi connectivity index (χ0n) is 14.2. The molecule has 132 valence electrons. The van der Waals surface area contributed by atoms with Crippen LogP contribution >= 0.6 is 11.6 Å². The van der Waals surface area contributed by atoms with Crippen molar-refractivity contribution in [3.8, 4) is 0 Å². The maximum absolute atomic E-state index is 13.1. The number of anilines is 1. The minimum Gasteiger partial charge on any atom is -0.408 e. The molecule has 0 radical (unpaired) electrons. The van der Waals surface area contributed by atoms with Gasteiger partial charge in [0.25, 0.3) is 0 Å². The molecule has 4 rings (SSSR count). The van der Waals surface area contributed by atoms with E-state index in [1.165, 1.54) is 0 Å². The number of hydrogen-bond donors (Lipinski definition) is 0. The van der Waals surface area contributed by atoms with E-state index in [0.29, 0.717) is 49.0 Å². The SMILES string of the molecule is Cc1nnc(N2CCN(C(=O)C(c3ccc(Cl)cc3)C3CC3)CC2)o1. The first-order valence-corrected chi connectivity index (χ1v) is 9.09. The first-order valence-electron chi connectivity index (χ1n) is 8.71. The highest BCUT2D eigenvalue weighted by atomic mass is 35.5. The summed E-state index contributed by atoms with van der Waals surface area (Å²) in [6, 6.07) is 8.26. The predicted molar refractivity (Wildman–Crippen MR) is 94.7 cm³/mol. The summed E-state index contributed by atoms with van der Waals surface area (Å²) in [5.74, 6) is 1.20. The van der Waals surface area contributed by atoms with E-state index in [0.717, 1.165) is 18.4 Å². The Morgan fingerprint density at radius 2 is 1.84 bits per heavy atom. The Hall–Kier alpha value is -2.08. The molecule has 1 saturated heterocycles. The molecule has 1 aliphatic heterocycles. The zero-order chi connectivity index (χ0) is 17.4. The van der Waals surface area contributed by atoms with Crippen LogP contribution in [0, 0.1) is 12.8 Å². The monoisotopic (exact) mass is 360 g/mol. The number of halogens is 1. The van der Waals surface area contributed by atoms with Crippen molar-refractivity contribution in [3.63, 3.8) is 0 Å². The van der Waals surface area contributed by atoms with Gasteiger partial charge in [0.15, 0.2) is 0 Å². The molecule has 1 saturated carbocycles. The lowest BCUT2D eigenvalue weighted by molar-refractivity contribution is -0.133. The van der Waals surface area contributed by atoms with Crippen LogP contribution in [-0.2, 0) is 4.79 Å². The van der Waals surface area contributed by atoms with Crippen LogP contribution in [-0.4, -0.2) is 47.2 Å². The van der Waals surface area contributed by atoms with Gasteiger partial charge in [0.05, 0.1) is 5.92 Å². The molecule has 1 aliphatic carbocycles. The van der Waals surface area contributed by atoms with Gasteiger partial charge in [0, 0.05) is 38.1 Å². The molecule has 0 bridgehead atoms. The van der Waals surface area contributed by atoms with Crippen molar-refractivity contribution in [1.82, 2.24) is 15.1 Å². The van der Waals surface area contributed by atoms with E-state index in [4.69, 9.17) is 16.0 Å². The summed E-state index contributed by atoms with van der Waals surface area (Å²) in [4.78, 5) is 17.1. The quantitative estimate of drug-likeness (QED) is 0.839. The van der Waals surface area contributed by atoms with E-state index >= 15 is 0 Å². The number of carbonyl (C=O) groups excluding carboxylic acids is 1. The van der Waals surface area contributed by atoms with Gasteiger partial charge in [0.2, 0.25) is 11.8 Å². The normalized spacial score (nSPS) is 19.1. The van der Waals surface area contributed by atoms with Crippen molar-refractivity contribution in [1.29, 1.82) is 0 Å². The van der Waals surface area contributed by atoms with E-state index in [1.807, 2.05) is 34.1 Å². The standard InChI is InChI=1S/C18H21ClN4O2/c1-12-20-21-18(25-12)23-10-8-22(9-11-23)17(24)16(13-2-3-13)14-4-6-15(19)7-5-14/h4-7,13,16H,2-3,8-11H2,1H3. The first kappa shape index (κ1) is 16.4. The van der Waals surface area contributed by atoms with Gasteiger partial charge in [-0.2, -0.15) is 0 Å². The number of benzene rings is 1. The Morgan fingerprint density at radius 1 is 1.16 bits per heavy atom. The van der Waals surface area contributed by atoms with Gasteiger partial charge in [-0.05, 0) is 36.5 Å². The number of carbonyl (C=O) groups is 1. The average Bonchev–Trinajstić information content (AvgIpc) is 3.36. The van der Waals surface area contributed by atoms with Gasteiger partial charge >= 0.3 is 6.01 Å². The van der Waals surface area contributed by atoms with E-state index in [2.05, 4.69) is 10.2 Å². The second kappa shape index (κ2) is 6.67. The minimum absolute atomic E-state index is 0.0468. The zero-order valence-corrected chi connectivity index (χ0v) is 14.9. The van der Waals surface area contributed by atoms with Crippen molar-refractivity contribution in [2.45, 2.75) is 25.7 Å². The van der Waals surface area contributed by atoms with Gasteiger partial charge < -0.3 is 14.2 Å². The Bertz CT molecular complexity index is 749. The number of rotatable bonds is 4. The highest BCUT2D eigenvalue weighted by Gasteiger charge is 2.40. The molecule has 1 amide bonds. The fraction of sp³-hybridized carbons (Fsp3) is 0.500. The number of piperazine rings is 1. The molecule has 2 heterocycles. The van der Waals surface area contributed by atoms with Crippen molar-refractivity contribution in [2.24, 2.45) is 5.92 Å². The largest absolute Gasteiger partial charge is 0.408 e. The summed E-state index contributed by atoms with van der Waals surface area (Å²) in [7, 11) is 0. The summed E-state index contributed by atoms with van der Waals surface area (Å²) in [5, 5.41) is 8.64. The first-order chi connectivity index (χ1) is 12.1. The summed E-state index contributed by atoms with van der Waals surface area (Å²) in [5.41, 5.74) is 1.08. The minimum atomic E-state index is -0.0468. The summed E-state index contributed by atoms with van der Waals surface area (Å²) in [6.45, 7) is 4.56. The number of aryl methyl sites for hydroxylation is 1. The van der Waals surface area contributed by atoms with Crippen LogP contribution in [0.15, 0.2) is 28.7 Å². The van der Waals surface area contributed by atoms with Crippen molar-refractivity contribution in [3.05, 3.63) is 40.7 Å². The van der Waals surface area contributed by atoms with Crippen LogP contribution < -0.4 is 4.90 Å². The van der Waals surface area contributed by atoms with E-state index in [-0.39, 0.29) is 11.8 Å². The molecule has 1 atom stereocenters. The second-order valence-corrected chi connectivity index (χ2v) is 7.22. The van der Waals surface area contributed by atoms with E-state index in [1.54, 1.807) is 6.92 Å². The van der Waals surface area contributed by atoms with Gasteiger partial charge in [-0.1, -0.05) is 28.8 Å². The van der Waals surface area contributed by atoms with E-state index in [9.17, 15) is 4.79 Å². The molecule has 0 N–H and O–H groups in total. The number of amides is 1. The topological polar surface area (TPSA) is 62.5 Å². The lowest BCUT2D eigenvalue weighted by atomic mass is 9.92. The van der Waals surface area contributed by atoms with Crippen molar-refractivity contribution < 1.29 is 9.21 Å². The molecule has 2 fully saturated rings. The third kappa shape index (κ3) is 3.49. The fourth-order valence-corrected chi connectivity index (χ4v) is 3.57.